The van der Waals surface area contributed by atoms with E-state index in [0.29, 0.717) is 12.4 Å². The van der Waals surface area contributed by atoms with Gasteiger partial charge in [0.1, 0.15) is 29.3 Å². The molecule has 2 aromatic heterocycles. The molecule has 0 spiro atoms. The van der Waals surface area contributed by atoms with Crippen molar-refractivity contribution in [2.75, 3.05) is 20.0 Å². The van der Waals surface area contributed by atoms with E-state index in [1.54, 1.807) is 14.2 Å². The van der Waals surface area contributed by atoms with Crippen LogP contribution >= 0.6 is 0 Å². The molecule has 6 heteroatoms. The van der Waals surface area contributed by atoms with Crippen LogP contribution in [0.3, 0.4) is 0 Å². The SMILES string of the molecule is COc1ccc(Cn2cc(-c3ccc(OC)cc3)c3c(N)ncnc32)cc1. The smallest absolute Gasteiger partial charge is 0.146 e. The molecule has 0 unspecified atom stereocenters. The van der Waals surface area contributed by atoms with Crippen LogP contribution in [0.5, 0.6) is 11.5 Å². The predicted octanol–water partition coefficient (Wildman–Crippen LogP) is 3.75. The van der Waals surface area contributed by atoms with Crippen LogP contribution < -0.4 is 15.2 Å². The number of methoxy groups -OCH3 is 2. The Bertz CT molecular complexity index is 1070. The number of rotatable bonds is 5. The molecule has 0 aliphatic carbocycles. The lowest BCUT2D eigenvalue weighted by atomic mass is 10.1. The van der Waals surface area contributed by atoms with Gasteiger partial charge in [0.05, 0.1) is 19.6 Å². The fourth-order valence-electron chi connectivity index (χ4n) is 3.18. The van der Waals surface area contributed by atoms with Crippen molar-refractivity contribution in [3.8, 4) is 22.6 Å². The summed E-state index contributed by atoms with van der Waals surface area (Å²) < 4.78 is 12.6. The second kappa shape index (κ2) is 6.99. The van der Waals surface area contributed by atoms with E-state index in [2.05, 4.69) is 20.7 Å². The number of fused-ring (bicyclic) bond motifs is 1. The van der Waals surface area contributed by atoms with Crippen molar-refractivity contribution in [1.29, 1.82) is 0 Å². The molecule has 0 aliphatic heterocycles. The van der Waals surface area contributed by atoms with E-state index in [-0.39, 0.29) is 0 Å². The average molecular weight is 360 g/mol. The maximum Gasteiger partial charge on any atom is 0.146 e. The van der Waals surface area contributed by atoms with Crippen molar-refractivity contribution in [2.24, 2.45) is 0 Å². The van der Waals surface area contributed by atoms with Crippen LogP contribution in [-0.2, 0) is 6.54 Å². The van der Waals surface area contributed by atoms with Crippen molar-refractivity contribution in [3.05, 3.63) is 66.6 Å². The molecule has 0 saturated heterocycles. The molecule has 6 nitrogen and oxygen atoms in total. The van der Waals surface area contributed by atoms with Crippen LogP contribution in [0, 0.1) is 0 Å². The number of benzene rings is 2. The molecule has 2 aromatic carbocycles. The van der Waals surface area contributed by atoms with E-state index < -0.39 is 0 Å². The highest BCUT2D eigenvalue weighted by atomic mass is 16.5. The Kier molecular flexibility index (Phi) is 4.38. The number of hydrogen-bond donors (Lipinski definition) is 1. The first-order valence-corrected chi connectivity index (χ1v) is 8.56. The molecule has 27 heavy (non-hydrogen) atoms. The van der Waals surface area contributed by atoms with E-state index in [4.69, 9.17) is 15.2 Å². The maximum absolute atomic E-state index is 6.19. The number of anilines is 1. The number of ether oxygens (including phenoxy) is 2. The Morgan fingerprint density at radius 2 is 1.52 bits per heavy atom. The first-order valence-electron chi connectivity index (χ1n) is 8.56. The molecule has 2 N–H and O–H groups in total. The Morgan fingerprint density at radius 3 is 2.15 bits per heavy atom. The fourth-order valence-corrected chi connectivity index (χ4v) is 3.18. The largest absolute Gasteiger partial charge is 0.497 e. The molecule has 4 rings (SSSR count). The lowest BCUT2D eigenvalue weighted by molar-refractivity contribution is 0.414. The zero-order valence-electron chi connectivity index (χ0n) is 15.2. The lowest BCUT2D eigenvalue weighted by Crippen LogP contribution is -2.00. The minimum atomic E-state index is 0.472. The zero-order chi connectivity index (χ0) is 18.8. The average Bonchev–Trinajstić information content (AvgIpc) is 3.08. The molecule has 0 bridgehead atoms. The van der Waals surface area contributed by atoms with Crippen LogP contribution in [0.4, 0.5) is 5.82 Å². The van der Waals surface area contributed by atoms with E-state index in [1.165, 1.54) is 6.33 Å². The number of nitrogens with zero attached hydrogens (tertiary/aromatic N) is 3. The molecule has 4 aromatic rings. The number of hydrogen-bond acceptors (Lipinski definition) is 5. The van der Waals surface area contributed by atoms with Crippen LogP contribution in [-0.4, -0.2) is 28.8 Å². The normalized spacial score (nSPS) is 10.9. The minimum absolute atomic E-state index is 0.472. The highest BCUT2D eigenvalue weighted by Crippen LogP contribution is 2.33. The monoisotopic (exact) mass is 360 g/mol. The van der Waals surface area contributed by atoms with Crippen LogP contribution in [0.15, 0.2) is 61.1 Å². The van der Waals surface area contributed by atoms with Gasteiger partial charge in [-0.3, -0.25) is 0 Å². The highest BCUT2D eigenvalue weighted by molar-refractivity contribution is 6.00. The molecule has 0 saturated carbocycles. The van der Waals surface area contributed by atoms with E-state index in [0.717, 1.165) is 39.2 Å². The third kappa shape index (κ3) is 3.17. The van der Waals surface area contributed by atoms with Gasteiger partial charge in [-0.1, -0.05) is 24.3 Å². The molecule has 0 fully saturated rings. The van der Waals surface area contributed by atoms with Gasteiger partial charge >= 0.3 is 0 Å². The van der Waals surface area contributed by atoms with Gasteiger partial charge in [0.15, 0.2) is 0 Å². The quantitative estimate of drug-likeness (QED) is 0.587. The van der Waals surface area contributed by atoms with E-state index in [9.17, 15) is 0 Å². The highest BCUT2D eigenvalue weighted by Gasteiger charge is 2.15. The summed E-state index contributed by atoms with van der Waals surface area (Å²) in [5, 5.41) is 0.858. The van der Waals surface area contributed by atoms with Gasteiger partial charge in [0.2, 0.25) is 0 Å². The first-order chi connectivity index (χ1) is 13.2. The molecule has 0 atom stereocenters. The zero-order valence-corrected chi connectivity index (χ0v) is 15.2. The summed E-state index contributed by atoms with van der Waals surface area (Å²) in [6.45, 7) is 0.674. The molecular weight excluding hydrogens is 340 g/mol. The predicted molar refractivity (Wildman–Crippen MR) is 106 cm³/mol. The fraction of sp³-hybridized carbons (Fsp3) is 0.143. The topological polar surface area (TPSA) is 75.2 Å². The lowest BCUT2D eigenvalue weighted by Gasteiger charge is -2.06. The summed E-state index contributed by atoms with van der Waals surface area (Å²) in [6.07, 6.45) is 3.57. The van der Waals surface area contributed by atoms with Crippen molar-refractivity contribution >= 4 is 16.9 Å². The Labute approximate surface area is 157 Å². The Hall–Kier alpha value is -3.54. The van der Waals surface area contributed by atoms with E-state index >= 15 is 0 Å². The van der Waals surface area contributed by atoms with Gasteiger partial charge in [-0.05, 0) is 35.4 Å². The molecule has 0 amide bonds. The number of nitrogens with two attached hydrogens (primary N) is 1. The second-order valence-electron chi connectivity index (χ2n) is 6.20. The number of aromatic nitrogens is 3. The Morgan fingerprint density at radius 1 is 0.889 bits per heavy atom. The Balaban J connectivity index is 1.80. The molecular formula is C21H20N4O2. The third-order valence-corrected chi connectivity index (χ3v) is 4.60. The van der Waals surface area contributed by atoms with Crippen molar-refractivity contribution < 1.29 is 9.47 Å². The van der Waals surface area contributed by atoms with Crippen LogP contribution in [0.2, 0.25) is 0 Å². The van der Waals surface area contributed by atoms with Crippen LogP contribution in [0.25, 0.3) is 22.2 Å². The summed E-state index contributed by atoms with van der Waals surface area (Å²) in [4.78, 5) is 8.66. The first kappa shape index (κ1) is 16.9. The summed E-state index contributed by atoms with van der Waals surface area (Å²) in [6, 6.07) is 15.9. The van der Waals surface area contributed by atoms with Gasteiger partial charge in [-0.15, -0.1) is 0 Å². The third-order valence-electron chi connectivity index (χ3n) is 4.60. The van der Waals surface area contributed by atoms with Crippen LogP contribution in [0.1, 0.15) is 5.56 Å². The van der Waals surface area contributed by atoms with Gasteiger partial charge in [0, 0.05) is 18.3 Å². The van der Waals surface area contributed by atoms with Gasteiger partial charge < -0.3 is 19.8 Å². The standard InChI is InChI=1S/C21H20N4O2/c1-26-16-7-3-14(4-8-16)11-25-12-18(15-5-9-17(27-2)10-6-15)19-20(22)23-13-24-21(19)25/h3-10,12-13H,11H2,1-2H3,(H2,22,23,24). The van der Waals surface area contributed by atoms with Gasteiger partial charge in [-0.2, -0.15) is 0 Å². The van der Waals surface area contributed by atoms with Crippen molar-refractivity contribution in [2.45, 2.75) is 6.54 Å². The second-order valence-corrected chi connectivity index (χ2v) is 6.20. The number of nitrogen functional groups attached to an aromatic ring is 1. The van der Waals surface area contributed by atoms with Crippen molar-refractivity contribution in [3.63, 3.8) is 0 Å². The van der Waals surface area contributed by atoms with Gasteiger partial charge in [-0.25, -0.2) is 9.97 Å². The molecule has 0 radical (unpaired) electrons. The summed E-state index contributed by atoms with van der Waals surface area (Å²) in [7, 11) is 3.32. The summed E-state index contributed by atoms with van der Waals surface area (Å²) in [5.41, 5.74) is 10.2. The summed E-state index contributed by atoms with van der Waals surface area (Å²) in [5.74, 6) is 2.12. The van der Waals surface area contributed by atoms with Gasteiger partial charge in [0.25, 0.3) is 0 Å². The molecule has 136 valence electrons. The molecule has 2 heterocycles. The molecule has 0 aliphatic rings. The van der Waals surface area contributed by atoms with E-state index in [1.807, 2.05) is 48.5 Å². The summed E-state index contributed by atoms with van der Waals surface area (Å²) >= 11 is 0. The maximum atomic E-state index is 6.19. The minimum Gasteiger partial charge on any atom is -0.497 e. The van der Waals surface area contributed by atoms with Crippen molar-refractivity contribution in [1.82, 2.24) is 14.5 Å².